The van der Waals surface area contributed by atoms with Gasteiger partial charge >= 0.3 is 0 Å². The maximum absolute atomic E-state index is 11.5. The Morgan fingerprint density at radius 3 is 2.68 bits per heavy atom. The molecule has 1 N–H and O–H groups in total. The van der Waals surface area contributed by atoms with Crippen LogP contribution in [0.25, 0.3) is 0 Å². The molecule has 0 saturated carbocycles. The largest absolute Gasteiger partial charge is 0.550 e. The van der Waals surface area contributed by atoms with Gasteiger partial charge in [0.05, 0.1) is 5.25 Å². The Kier molecular flexibility index (Phi) is 3.75. The first-order valence-electron chi connectivity index (χ1n) is 5.49. The Morgan fingerprint density at radius 2 is 2.11 bits per heavy atom. The first kappa shape index (κ1) is 13.4. The number of carbonyl (C=O) groups excluding carboxylic acids is 2. The van der Waals surface area contributed by atoms with Crippen LogP contribution >= 0.6 is 11.8 Å². The molecule has 1 aliphatic rings. The third kappa shape index (κ3) is 3.05. The van der Waals surface area contributed by atoms with E-state index >= 15 is 0 Å². The monoisotopic (exact) mass is 279 g/mol. The molecule has 1 aliphatic heterocycles. The number of aliphatic carboxylic acids is 1. The van der Waals surface area contributed by atoms with E-state index < -0.39 is 17.1 Å². The van der Waals surface area contributed by atoms with Crippen LogP contribution in [-0.4, -0.2) is 34.4 Å². The summed E-state index contributed by atoms with van der Waals surface area (Å²) in [6, 6.07) is 6.39. The Morgan fingerprint density at radius 1 is 1.47 bits per heavy atom. The number of carboxylic acid groups (broad SMARTS) is 1. The van der Waals surface area contributed by atoms with Crippen molar-refractivity contribution in [2.75, 3.05) is 11.9 Å². The zero-order valence-electron chi connectivity index (χ0n) is 10.1. The Labute approximate surface area is 113 Å². The lowest BCUT2D eigenvalue weighted by Crippen LogP contribution is -2.28. The minimum atomic E-state index is -1.27. The van der Waals surface area contributed by atoms with Crippen molar-refractivity contribution in [1.29, 1.82) is 0 Å². The van der Waals surface area contributed by atoms with E-state index in [-0.39, 0.29) is 12.2 Å². The molecule has 100 valence electrons. The highest BCUT2D eigenvalue weighted by molar-refractivity contribution is 8.15. The maximum atomic E-state index is 11.5. The molecule has 0 unspecified atom stereocenters. The number of rotatable bonds is 3. The van der Waals surface area contributed by atoms with Crippen molar-refractivity contribution < 1.29 is 19.8 Å². The lowest BCUT2D eigenvalue weighted by atomic mass is 10.3. The summed E-state index contributed by atoms with van der Waals surface area (Å²) < 4.78 is 0. The van der Waals surface area contributed by atoms with Crippen LogP contribution in [0.15, 0.2) is 29.3 Å². The fourth-order valence-electron chi connectivity index (χ4n) is 1.59. The second-order valence-electron chi connectivity index (χ2n) is 3.99. The molecule has 0 aliphatic carbocycles. The van der Waals surface area contributed by atoms with Gasteiger partial charge in [-0.15, -0.1) is 0 Å². The van der Waals surface area contributed by atoms with Gasteiger partial charge in [-0.3, -0.25) is 4.79 Å². The predicted octanol–water partition coefficient (Wildman–Crippen LogP) is -0.0336. The summed E-state index contributed by atoms with van der Waals surface area (Å²) in [6.07, 6.45) is -0.347. The normalized spacial score (nSPS) is 18.3. The van der Waals surface area contributed by atoms with E-state index in [1.165, 1.54) is 12.1 Å². The van der Waals surface area contributed by atoms with Gasteiger partial charge < -0.3 is 19.9 Å². The third-order valence-corrected chi connectivity index (χ3v) is 3.83. The molecule has 1 atom stereocenters. The summed E-state index contributed by atoms with van der Waals surface area (Å²) in [5.74, 6) is -1.59. The van der Waals surface area contributed by atoms with E-state index in [1.54, 1.807) is 24.1 Å². The van der Waals surface area contributed by atoms with E-state index in [2.05, 4.69) is 4.99 Å². The van der Waals surface area contributed by atoms with Crippen LogP contribution in [0.5, 0.6) is 5.75 Å². The number of hydrogen-bond donors (Lipinski definition) is 1. The minimum absolute atomic E-state index is 0.143. The van der Waals surface area contributed by atoms with Crippen molar-refractivity contribution in [1.82, 2.24) is 0 Å². The molecule has 1 heterocycles. The first-order chi connectivity index (χ1) is 8.97. The van der Waals surface area contributed by atoms with Crippen molar-refractivity contribution in [3.05, 3.63) is 24.3 Å². The van der Waals surface area contributed by atoms with Gasteiger partial charge in [0.2, 0.25) is 0 Å². The van der Waals surface area contributed by atoms with Crippen molar-refractivity contribution in [3.8, 4) is 5.75 Å². The average molecular weight is 279 g/mol. The van der Waals surface area contributed by atoms with Crippen LogP contribution in [0.1, 0.15) is 6.42 Å². The topological polar surface area (TPSA) is 93.0 Å². The number of anilines is 1. The van der Waals surface area contributed by atoms with Crippen molar-refractivity contribution in [3.63, 3.8) is 0 Å². The predicted molar refractivity (Wildman–Crippen MR) is 70.0 cm³/mol. The van der Waals surface area contributed by atoms with Crippen LogP contribution in [0.4, 0.5) is 5.69 Å². The Hall–Kier alpha value is -2.02. The lowest BCUT2D eigenvalue weighted by molar-refractivity contribution is -0.305. The smallest absolute Gasteiger partial charge is 0.262 e. The number of phenolic OH excluding ortho intramolecular Hbond substituents is 1. The van der Waals surface area contributed by atoms with Crippen LogP contribution in [-0.2, 0) is 9.59 Å². The summed E-state index contributed by atoms with van der Waals surface area (Å²) in [4.78, 5) is 27.6. The fourth-order valence-corrected chi connectivity index (χ4v) is 2.62. The summed E-state index contributed by atoms with van der Waals surface area (Å²) in [7, 11) is 1.72. The van der Waals surface area contributed by atoms with Crippen LogP contribution in [0.2, 0.25) is 0 Å². The molecule has 7 heteroatoms. The summed E-state index contributed by atoms with van der Waals surface area (Å²) >= 11 is 1.10. The fraction of sp³-hybridized carbons (Fsp3) is 0.250. The van der Waals surface area contributed by atoms with Gasteiger partial charge in [0.15, 0.2) is 5.17 Å². The van der Waals surface area contributed by atoms with E-state index in [0.717, 1.165) is 17.4 Å². The van der Waals surface area contributed by atoms with Crippen molar-refractivity contribution in [2.45, 2.75) is 11.7 Å². The van der Waals surface area contributed by atoms with Gasteiger partial charge in [0, 0.05) is 25.1 Å². The zero-order valence-corrected chi connectivity index (χ0v) is 10.9. The maximum Gasteiger partial charge on any atom is 0.262 e. The van der Waals surface area contributed by atoms with E-state index in [1.807, 2.05) is 0 Å². The molecule has 19 heavy (non-hydrogen) atoms. The number of aromatic hydroxyl groups is 1. The van der Waals surface area contributed by atoms with Gasteiger partial charge in [-0.05, 0) is 24.3 Å². The molecular formula is C12H11N2O4S-. The molecule has 2 rings (SSSR count). The quantitative estimate of drug-likeness (QED) is 0.835. The minimum Gasteiger partial charge on any atom is -0.550 e. The molecule has 1 amide bonds. The van der Waals surface area contributed by atoms with E-state index in [9.17, 15) is 19.8 Å². The SMILES string of the molecule is CN(C1=NC(=O)[C@H](CC(=O)[O-])S1)c1ccc(O)cc1. The van der Waals surface area contributed by atoms with Crippen LogP contribution in [0.3, 0.4) is 0 Å². The molecule has 1 aromatic carbocycles. The number of hydrogen-bond acceptors (Lipinski definition) is 6. The number of aliphatic imine (C=N–C) groups is 1. The van der Waals surface area contributed by atoms with Gasteiger partial charge in [-0.1, -0.05) is 11.8 Å². The van der Waals surface area contributed by atoms with E-state index in [4.69, 9.17) is 0 Å². The highest BCUT2D eigenvalue weighted by Crippen LogP contribution is 2.29. The number of carbonyl (C=O) groups is 2. The molecule has 0 fully saturated rings. The lowest BCUT2D eigenvalue weighted by Gasteiger charge is -2.18. The zero-order chi connectivity index (χ0) is 14.0. The molecule has 0 saturated heterocycles. The number of amides is 1. The average Bonchev–Trinajstić information content (AvgIpc) is 2.70. The van der Waals surface area contributed by atoms with Crippen molar-refractivity contribution >= 4 is 34.5 Å². The van der Waals surface area contributed by atoms with Crippen LogP contribution in [0, 0.1) is 0 Å². The highest BCUT2D eigenvalue weighted by Gasteiger charge is 2.30. The second kappa shape index (κ2) is 5.31. The number of nitrogens with zero attached hydrogens (tertiary/aromatic N) is 2. The second-order valence-corrected chi connectivity index (χ2v) is 5.16. The number of thioether (sulfide) groups is 1. The highest BCUT2D eigenvalue weighted by atomic mass is 32.2. The molecule has 0 aromatic heterocycles. The molecule has 0 radical (unpaired) electrons. The molecule has 0 spiro atoms. The third-order valence-electron chi connectivity index (χ3n) is 2.60. The summed E-state index contributed by atoms with van der Waals surface area (Å²) in [5, 5.41) is 19.4. The molecular weight excluding hydrogens is 268 g/mol. The van der Waals surface area contributed by atoms with Crippen LogP contribution < -0.4 is 10.0 Å². The molecule has 1 aromatic rings. The number of amidine groups is 1. The summed E-state index contributed by atoms with van der Waals surface area (Å²) in [5.41, 5.74) is 0.742. The molecule has 0 bridgehead atoms. The van der Waals surface area contributed by atoms with Gasteiger partial charge in [-0.2, -0.15) is 4.99 Å². The van der Waals surface area contributed by atoms with Gasteiger partial charge in [0.1, 0.15) is 5.75 Å². The Bertz CT molecular complexity index is 541. The number of carboxylic acids is 1. The van der Waals surface area contributed by atoms with E-state index in [0.29, 0.717) is 5.17 Å². The number of benzene rings is 1. The number of phenols is 1. The van der Waals surface area contributed by atoms with Gasteiger partial charge in [0.25, 0.3) is 5.91 Å². The first-order valence-corrected chi connectivity index (χ1v) is 6.37. The summed E-state index contributed by atoms with van der Waals surface area (Å²) in [6.45, 7) is 0. The van der Waals surface area contributed by atoms with Crippen molar-refractivity contribution in [2.24, 2.45) is 4.99 Å². The standard InChI is InChI=1S/C12H12N2O4S/c1-14(7-2-4-8(15)5-3-7)12-13-11(18)9(19-12)6-10(16)17/h2-5,9,15H,6H2,1H3,(H,16,17)/p-1/t9-/m0/s1. The van der Waals surface area contributed by atoms with Gasteiger partial charge in [-0.25, -0.2) is 0 Å². The molecule has 6 nitrogen and oxygen atoms in total. The Balaban J connectivity index is 2.11.